The molecule has 2 rings (SSSR count). The summed E-state index contributed by atoms with van der Waals surface area (Å²) in [5.41, 5.74) is 0.600. The van der Waals surface area contributed by atoms with E-state index >= 15 is 0 Å². The van der Waals surface area contributed by atoms with E-state index < -0.39 is 11.5 Å². The van der Waals surface area contributed by atoms with Crippen molar-refractivity contribution < 1.29 is 9.90 Å². The Labute approximate surface area is 114 Å². The van der Waals surface area contributed by atoms with Gasteiger partial charge in [0.1, 0.15) is 5.54 Å². The molecule has 4 heteroatoms. The van der Waals surface area contributed by atoms with E-state index in [1.54, 1.807) is 0 Å². The summed E-state index contributed by atoms with van der Waals surface area (Å²) in [6.07, 6.45) is 1.37. The van der Waals surface area contributed by atoms with Gasteiger partial charge < -0.3 is 5.11 Å². The van der Waals surface area contributed by atoms with Gasteiger partial charge in [0.15, 0.2) is 0 Å². The third-order valence-electron chi connectivity index (χ3n) is 4.19. The number of likely N-dealkylation sites (tertiary alicyclic amines) is 1. The van der Waals surface area contributed by atoms with Crippen LogP contribution in [-0.4, -0.2) is 53.6 Å². The zero-order chi connectivity index (χ0) is 13.9. The maximum Gasteiger partial charge on any atom is 0.324 e. The van der Waals surface area contributed by atoms with Crippen LogP contribution in [0.4, 0.5) is 0 Å². The van der Waals surface area contributed by atoms with Crippen LogP contribution >= 0.6 is 0 Å². The molecule has 1 aliphatic rings. The van der Waals surface area contributed by atoms with E-state index in [1.807, 2.05) is 37.2 Å². The number of likely N-dealkylation sites (N-methyl/N-ethyl adjacent to an activating group) is 1. The number of piperidine rings is 1. The standard InChI is InChI=1S/C15H22N2O2/c1-16(2)15(14(18)19)8-10-17(11-9-15)12-13-6-4-3-5-7-13/h3-7H,8-12H2,1-2H3,(H,18,19). The van der Waals surface area contributed by atoms with E-state index in [0.717, 1.165) is 19.6 Å². The summed E-state index contributed by atoms with van der Waals surface area (Å²) in [4.78, 5) is 15.7. The molecule has 1 heterocycles. The van der Waals surface area contributed by atoms with Crippen LogP contribution in [0.5, 0.6) is 0 Å². The fourth-order valence-electron chi connectivity index (χ4n) is 2.78. The molecule has 1 aliphatic heterocycles. The molecular formula is C15H22N2O2. The third-order valence-corrected chi connectivity index (χ3v) is 4.19. The molecule has 0 atom stereocenters. The highest BCUT2D eigenvalue weighted by molar-refractivity contribution is 5.79. The summed E-state index contributed by atoms with van der Waals surface area (Å²) in [5, 5.41) is 9.47. The van der Waals surface area contributed by atoms with Gasteiger partial charge in [-0.15, -0.1) is 0 Å². The highest BCUT2D eigenvalue weighted by Gasteiger charge is 2.43. The molecule has 1 saturated heterocycles. The normalized spacial score (nSPS) is 19.5. The molecule has 1 aromatic carbocycles. The molecule has 1 N–H and O–H groups in total. The van der Waals surface area contributed by atoms with Gasteiger partial charge in [-0.25, -0.2) is 0 Å². The average Bonchev–Trinajstić information content (AvgIpc) is 2.40. The van der Waals surface area contributed by atoms with Gasteiger partial charge in [0, 0.05) is 19.6 Å². The molecule has 0 bridgehead atoms. The van der Waals surface area contributed by atoms with Crippen LogP contribution in [-0.2, 0) is 11.3 Å². The second-order valence-corrected chi connectivity index (χ2v) is 5.49. The van der Waals surface area contributed by atoms with Gasteiger partial charge in [-0.05, 0) is 32.5 Å². The van der Waals surface area contributed by atoms with E-state index in [1.165, 1.54) is 5.56 Å². The molecule has 0 unspecified atom stereocenters. The second-order valence-electron chi connectivity index (χ2n) is 5.49. The topological polar surface area (TPSA) is 43.8 Å². The Balaban J connectivity index is 1.97. The molecule has 1 aromatic rings. The summed E-state index contributed by atoms with van der Waals surface area (Å²) >= 11 is 0. The quantitative estimate of drug-likeness (QED) is 0.896. The van der Waals surface area contributed by atoms with Crippen molar-refractivity contribution in [2.24, 2.45) is 0 Å². The van der Waals surface area contributed by atoms with Crippen molar-refractivity contribution in [2.75, 3.05) is 27.2 Å². The van der Waals surface area contributed by atoms with Gasteiger partial charge in [-0.2, -0.15) is 0 Å². The zero-order valence-electron chi connectivity index (χ0n) is 11.7. The highest BCUT2D eigenvalue weighted by Crippen LogP contribution is 2.28. The maximum absolute atomic E-state index is 11.5. The number of benzene rings is 1. The first-order valence-corrected chi connectivity index (χ1v) is 6.72. The number of hydrogen-bond donors (Lipinski definition) is 1. The molecule has 0 aliphatic carbocycles. The summed E-state index contributed by atoms with van der Waals surface area (Å²) in [7, 11) is 3.72. The number of carboxylic acids is 1. The van der Waals surface area contributed by atoms with Crippen molar-refractivity contribution >= 4 is 5.97 Å². The van der Waals surface area contributed by atoms with Gasteiger partial charge in [0.05, 0.1) is 0 Å². The number of nitrogens with zero attached hydrogens (tertiary/aromatic N) is 2. The van der Waals surface area contributed by atoms with Crippen molar-refractivity contribution in [3.05, 3.63) is 35.9 Å². The van der Waals surface area contributed by atoms with Crippen molar-refractivity contribution in [3.8, 4) is 0 Å². The Morgan fingerprint density at radius 1 is 1.26 bits per heavy atom. The van der Waals surface area contributed by atoms with Crippen LogP contribution in [0, 0.1) is 0 Å². The molecule has 0 spiro atoms. The first kappa shape index (κ1) is 14.0. The summed E-state index contributed by atoms with van der Waals surface area (Å²) < 4.78 is 0. The van der Waals surface area contributed by atoms with Crippen LogP contribution in [0.25, 0.3) is 0 Å². The molecule has 0 amide bonds. The Hall–Kier alpha value is -1.39. The van der Waals surface area contributed by atoms with Gasteiger partial charge in [0.25, 0.3) is 0 Å². The van der Waals surface area contributed by atoms with Gasteiger partial charge in [-0.1, -0.05) is 30.3 Å². The second kappa shape index (κ2) is 5.72. The van der Waals surface area contributed by atoms with Gasteiger partial charge in [0.2, 0.25) is 0 Å². The molecule has 1 fully saturated rings. The lowest BCUT2D eigenvalue weighted by atomic mass is 9.86. The molecule has 0 saturated carbocycles. The summed E-state index contributed by atoms with van der Waals surface area (Å²) in [5.74, 6) is -0.697. The first-order chi connectivity index (χ1) is 9.04. The number of carbonyl (C=O) groups is 1. The van der Waals surface area contributed by atoms with Crippen LogP contribution < -0.4 is 0 Å². The van der Waals surface area contributed by atoms with Crippen molar-refractivity contribution in [3.63, 3.8) is 0 Å². The minimum Gasteiger partial charge on any atom is -0.480 e. The SMILES string of the molecule is CN(C)C1(C(=O)O)CCN(Cc2ccccc2)CC1. The molecule has 19 heavy (non-hydrogen) atoms. The lowest BCUT2D eigenvalue weighted by Crippen LogP contribution is -2.57. The maximum atomic E-state index is 11.5. The minimum absolute atomic E-state index is 0.683. The fraction of sp³-hybridized carbons (Fsp3) is 0.533. The van der Waals surface area contributed by atoms with Gasteiger partial charge in [-0.3, -0.25) is 14.6 Å². The summed E-state index contributed by atoms with van der Waals surface area (Å²) in [6.45, 7) is 2.57. The molecular weight excluding hydrogens is 240 g/mol. The minimum atomic E-state index is -0.697. The number of hydrogen-bond acceptors (Lipinski definition) is 3. The van der Waals surface area contributed by atoms with E-state index in [-0.39, 0.29) is 0 Å². The van der Waals surface area contributed by atoms with Crippen molar-refractivity contribution in [1.29, 1.82) is 0 Å². The van der Waals surface area contributed by atoms with E-state index in [9.17, 15) is 9.90 Å². The van der Waals surface area contributed by atoms with Gasteiger partial charge >= 0.3 is 5.97 Å². The summed E-state index contributed by atoms with van der Waals surface area (Å²) in [6, 6.07) is 10.3. The Morgan fingerprint density at radius 2 is 1.84 bits per heavy atom. The smallest absolute Gasteiger partial charge is 0.324 e. The molecule has 0 aromatic heterocycles. The monoisotopic (exact) mass is 262 g/mol. The Bertz CT molecular complexity index is 423. The van der Waals surface area contributed by atoms with Crippen LogP contribution in [0.15, 0.2) is 30.3 Å². The number of aliphatic carboxylic acids is 1. The molecule has 0 radical (unpaired) electrons. The average molecular weight is 262 g/mol. The lowest BCUT2D eigenvalue weighted by Gasteiger charge is -2.42. The largest absolute Gasteiger partial charge is 0.480 e. The predicted octanol–water partition coefficient (Wildman–Crippen LogP) is 1.67. The Morgan fingerprint density at radius 3 is 2.32 bits per heavy atom. The van der Waals surface area contributed by atoms with Crippen molar-refractivity contribution in [1.82, 2.24) is 9.80 Å². The van der Waals surface area contributed by atoms with E-state index in [4.69, 9.17) is 0 Å². The van der Waals surface area contributed by atoms with E-state index in [0.29, 0.717) is 12.8 Å². The zero-order valence-corrected chi connectivity index (χ0v) is 11.7. The third kappa shape index (κ3) is 2.96. The first-order valence-electron chi connectivity index (χ1n) is 6.72. The van der Waals surface area contributed by atoms with Crippen molar-refractivity contribution in [2.45, 2.75) is 24.9 Å². The van der Waals surface area contributed by atoms with Crippen LogP contribution in [0.2, 0.25) is 0 Å². The molecule has 4 nitrogen and oxygen atoms in total. The number of carboxylic acid groups (broad SMARTS) is 1. The number of rotatable bonds is 4. The van der Waals surface area contributed by atoms with E-state index in [2.05, 4.69) is 17.0 Å². The highest BCUT2D eigenvalue weighted by atomic mass is 16.4. The van der Waals surface area contributed by atoms with Crippen LogP contribution in [0.1, 0.15) is 18.4 Å². The fourth-order valence-corrected chi connectivity index (χ4v) is 2.78. The van der Waals surface area contributed by atoms with Crippen LogP contribution in [0.3, 0.4) is 0 Å². The predicted molar refractivity (Wildman–Crippen MR) is 75.0 cm³/mol. The lowest BCUT2D eigenvalue weighted by molar-refractivity contribution is -0.153. The Kier molecular flexibility index (Phi) is 4.22. The molecule has 104 valence electrons.